The molecule has 7 nitrogen and oxygen atoms in total. The summed E-state index contributed by atoms with van der Waals surface area (Å²) in [4.78, 5) is 27.4. The first-order valence-corrected chi connectivity index (χ1v) is 11.1. The van der Waals surface area contributed by atoms with Crippen molar-refractivity contribution in [2.75, 3.05) is 4.90 Å². The smallest absolute Gasteiger partial charge is 0.301 e. The molecule has 1 aliphatic rings. The molecule has 0 radical (unpaired) electrons. The number of nitrogens with zero attached hydrogens (tertiary/aromatic N) is 3. The SMILES string of the molecule is Cc1nnc(N2C(=O)C(=O)/C(=C(/O)c3ccc(OC(C)C)cc3)C2c2ccc(Cl)cc2)s1. The molecule has 2 aromatic carbocycles. The summed E-state index contributed by atoms with van der Waals surface area (Å²) in [6, 6.07) is 12.6. The Labute approximate surface area is 193 Å². The number of benzene rings is 2. The Morgan fingerprint density at radius 2 is 1.75 bits per heavy atom. The number of aliphatic hydroxyl groups excluding tert-OH is 1. The molecule has 0 aliphatic carbocycles. The third-order valence-corrected chi connectivity index (χ3v) is 5.94. The highest BCUT2D eigenvalue weighted by atomic mass is 35.5. The van der Waals surface area contributed by atoms with Crippen molar-refractivity contribution in [3.63, 3.8) is 0 Å². The quantitative estimate of drug-likeness (QED) is 0.324. The van der Waals surface area contributed by atoms with Crippen molar-refractivity contribution in [2.45, 2.75) is 32.9 Å². The zero-order chi connectivity index (χ0) is 23.0. The lowest BCUT2D eigenvalue weighted by atomic mass is 9.95. The summed E-state index contributed by atoms with van der Waals surface area (Å²) >= 11 is 7.23. The van der Waals surface area contributed by atoms with Crippen LogP contribution in [0.25, 0.3) is 5.76 Å². The molecule has 1 aromatic heterocycles. The maximum atomic E-state index is 13.1. The van der Waals surface area contributed by atoms with Gasteiger partial charge in [-0.3, -0.25) is 14.5 Å². The number of ketones is 1. The normalized spacial score (nSPS) is 17.9. The zero-order valence-electron chi connectivity index (χ0n) is 17.6. The van der Waals surface area contributed by atoms with Gasteiger partial charge in [-0.05, 0) is 62.7 Å². The monoisotopic (exact) mass is 469 g/mol. The molecule has 9 heteroatoms. The molecule has 164 valence electrons. The lowest BCUT2D eigenvalue weighted by molar-refractivity contribution is -0.132. The lowest BCUT2D eigenvalue weighted by Crippen LogP contribution is -2.29. The second kappa shape index (κ2) is 8.72. The van der Waals surface area contributed by atoms with Gasteiger partial charge in [-0.25, -0.2) is 0 Å². The molecule has 1 atom stereocenters. The maximum absolute atomic E-state index is 13.1. The first-order chi connectivity index (χ1) is 15.3. The molecular formula is C23H20ClN3O4S. The molecule has 1 amide bonds. The molecule has 3 aromatic rings. The van der Waals surface area contributed by atoms with Crippen molar-refractivity contribution in [3.8, 4) is 5.75 Å². The van der Waals surface area contributed by atoms with Gasteiger partial charge in [0.1, 0.15) is 16.5 Å². The van der Waals surface area contributed by atoms with E-state index in [4.69, 9.17) is 16.3 Å². The molecule has 1 N–H and O–H groups in total. The van der Waals surface area contributed by atoms with E-state index in [1.54, 1.807) is 55.5 Å². The molecule has 32 heavy (non-hydrogen) atoms. The van der Waals surface area contributed by atoms with Crippen molar-refractivity contribution >= 4 is 45.5 Å². The molecule has 1 aliphatic heterocycles. The number of aryl methyl sites for hydroxylation is 1. The second-order valence-electron chi connectivity index (χ2n) is 7.52. The van der Waals surface area contributed by atoms with Gasteiger partial charge in [-0.15, -0.1) is 10.2 Å². The molecule has 1 unspecified atom stereocenters. The number of aliphatic hydroxyl groups is 1. The second-order valence-corrected chi connectivity index (χ2v) is 9.11. The van der Waals surface area contributed by atoms with E-state index in [-0.39, 0.29) is 22.6 Å². The summed E-state index contributed by atoms with van der Waals surface area (Å²) in [7, 11) is 0. The average Bonchev–Trinajstić information content (AvgIpc) is 3.29. The molecule has 0 spiro atoms. The Bertz CT molecular complexity index is 1200. The number of hydrogen-bond acceptors (Lipinski definition) is 7. The van der Waals surface area contributed by atoms with Gasteiger partial charge >= 0.3 is 5.91 Å². The maximum Gasteiger partial charge on any atom is 0.301 e. The van der Waals surface area contributed by atoms with Crippen molar-refractivity contribution in [1.82, 2.24) is 10.2 Å². The van der Waals surface area contributed by atoms with E-state index in [0.717, 1.165) is 0 Å². The van der Waals surface area contributed by atoms with Gasteiger partial charge < -0.3 is 9.84 Å². The summed E-state index contributed by atoms with van der Waals surface area (Å²) < 4.78 is 5.64. The van der Waals surface area contributed by atoms with Crippen molar-refractivity contribution in [1.29, 1.82) is 0 Å². The predicted octanol–water partition coefficient (Wildman–Crippen LogP) is 4.91. The van der Waals surface area contributed by atoms with E-state index in [0.29, 0.717) is 26.9 Å². The molecule has 4 rings (SSSR count). The van der Waals surface area contributed by atoms with Gasteiger partial charge in [0, 0.05) is 10.6 Å². The van der Waals surface area contributed by atoms with Gasteiger partial charge in [-0.2, -0.15) is 0 Å². The van der Waals surface area contributed by atoms with E-state index >= 15 is 0 Å². The number of hydrogen-bond donors (Lipinski definition) is 1. The van der Waals surface area contributed by atoms with Crippen LogP contribution in [0.3, 0.4) is 0 Å². The van der Waals surface area contributed by atoms with E-state index < -0.39 is 17.7 Å². The molecule has 0 saturated carbocycles. The largest absolute Gasteiger partial charge is 0.507 e. The van der Waals surface area contributed by atoms with Crippen molar-refractivity contribution in [3.05, 3.63) is 75.3 Å². The number of anilines is 1. The first kappa shape index (κ1) is 22.0. The number of ether oxygens (including phenoxy) is 1. The minimum Gasteiger partial charge on any atom is -0.507 e. The highest BCUT2D eigenvalue weighted by Crippen LogP contribution is 2.43. The molecule has 1 saturated heterocycles. The van der Waals surface area contributed by atoms with Crippen LogP contribution >= 0.6 is 22.9 Å². The van der Waals surface area contributed by atoms with Gasteiger partial charge in [0.2, 0.25) is 5.13 Å². The fourth-order valence-corrected chi connectivity index (χ4v) is 4.33. The van der Waals surface area contributed by atoms with Crippen molar-refractivity contribution < 1.29 is 19.4 Å². The molecule has 0 bridgehead atoms. The van der Waals surface area contributed by atoms with E-state index in [9.17, 15) is 14.7 Å². The summed E-state index contributed by atoms with van der Waals surface area (Å²) in [6.45, 7) is 5.59. The van der Waals surface area contributed by atoms with Crippen LogP contribution in [0.1, 0.15) is 36.0 Å². The Balaban J connectivity index is 1.85. The number of Topliss-reactive ketones (excluding diaryl/α,β-unsaturated/α-hetero) is 1. The van der Waals surface area contributed by atoms with Crippen LogP contribution in [0.15, 0.2) is 54.1 Å². The third-order valence-electron chi connectivity index (χ3n) is 4.85. The van der Waals surface area contributed by atoms with Crippen LogP contribution in [0, 0.1) is 6.92 Å². The summed E-state index contributed by atoms with van der Waals surface area (Å²) in [5.74, 6) is -1.21. The summed E-state index contributed by atoms with van der Waals surface area (Å²) in [5, 5.41) is 20.6. The van der Waals surface area contributed by atoms with Gasteiger partial charge in [0.05, 0.1) is 17.7 Å². The highest BCUT2D eigenvalue weighted by Gasteiger charge is 2.48. The topological polar surface area (TPSA) is 92.6 Å². The van der Waals surface area contributed by atoms with E-state index in [2.05, 4.69) is 10.2 Å². The number of amides is 1. The Morgan fingerprint density at radius 3 is 2.31 bits per heavy atom. The van der Waals surface area contributed by atoms with Crippen LogP contribution in [-0.4, -0.2) is 33.1 Å². The van der Waals surface area contributed by atoms with Crippen LogP contribution in [0.4, 0.5) is 5.13 Å². The number of halogens is 1. The zero-order valence-corrected chi connectivity index (χ0v) is 19.1. The minimum absolute atomic E-state index is 0.0000354. The Kier molecular flexibility index (Phi) is 5.99. The Hall–Kier alpha value is -3.23. The molecule has 2 heterocycles. The Morgan fingerprint density at radius 1 is 1.09 bits per heavy atom. The van der Waals surface area contributed by atoms with Crippen LogP contribution in [0.5, 0.6) is 5.75 Å². The fourth-order valence-electron chi connectivity index (χ4n) is 3.49. The first-order valence-electron chi connectivity index (χ1n) is 9.90. The van der Waals surface area contributed by atoms with Crippen molar-refractivity contribution in [2.24, 2.45) is 0 Å². The predicted molar refractivity (Wildman–Crippen MR) is 123 cm³/mol. The van der Waals surface area contributed by atoms with Crippen LogP contribution in [-0.2, 0) is 9.59 Å². The summed E-state index contributed by atoms with van der Waals surface area (Å²) in [5.41, 5.74) is 0.983. The van der Waals surface area contributed by atoms with Gasteiger partial charge in [-0.1, -0.05) is 35.1 Å². The van der Waals surface area contributed by atoms with Gasteiger partial charge in [0.25, 0.3) is 5.78 Å². The summed E-state index contributed by atoms with van der Waals surface area (Å²) in [6.07, 6.45) is 0.0000354. The number of rotatable bonds is 5. The number of carbonyl (C=O) groups is 2. The van der Waals surface area contributed by atoms with E-state index in [1.807, 2.05) is 13.8 Å². The lowest BCUT2D eigenvalue weighted by Gasteiger charge is -2.22. The standard InChI is InChI=1S/C23H20ClN3O4S/c1-12(2)31-17-10-6-15(7-11-17)20(28)18-19(14-4-8-16(24)9-5-14)27(22(30)21(18)29)23-26-25-13(3)32-23/h4-12,19,28H,1-3H3/b20-18+. The highest BCUT2D eigenvalue weighted by molar-refractivity contribution is 7.15. The fraction of sp³-hybridized carbons (Fsp3) is 0.217. The van der Waals surface area contributed by atoms with Crippen LogP contribution < -0.4 is 9.64 Å². The van der Waals surface area contributed by atoms with E-state index in [1.165, 1.54) is 16.2 Å². The minimum atomic E-state index is -0.869. The van der Waals surface area contributed by atoms with Crippen LogP contribution in [0.2, 0.25) is 5.02 Å². The van der Waals surface area contributed by atoms with Gasteiger partial charge in [0.15, 0.2) is 0 Å². The number of carbonyl (C=O) groups excluding carboxylic acids is 2. The third kappa shape index (κ3) is 4.11. The average molecular weight is 470 g/mol. The molecular weight excluding hydrogens is 450 g/mol. The number of aromatic nitrogens is 2. The molecule has 1 fully saturated rings.